The number of hydrogen-bond donors (Lipinski definition) is 1. The van der Waals surface area contributed by atoms with Crippen molar-refractivity contribution in [2.75, 3.05) is 5.73 Å². The smallest absolute Gasteiger partial charge is 0.180 e. The number of nitrogens with zero attached hydrogens (tertiary/aromatic N) is 1. The van der Waals surface area contributed by atoms with Crippen LogP contribution < -0.4 is 5.73 Å². The monoisotopic (exact) mass is 232 g/mol. The van der Waals surface area contributed by atoms with Gasteiger partial charge < -0.3 is 5.73 Å². The van der Waals surface area contributed by atoms with Gasteiger partial charge in [-0.2, -0.15) is 0 Å². The largest absolute Gasteiger partial charge is 0.375 e. The van der Waals surface area contributed by atoms with Gasteiger partial charge in [0, 0.05) is 4.88 Å². The summed E-state index contributed by atoms with van der Waals surface area (Å²) in [6.45, 7) is 4.23. The van der Waals surface area contributed by atoms with Crippen LogP contribution in [0.15, 0.2) is 24.3 Å². The molecular formula is C13H16N2S. The molecule has 3 heteroatoms. The predicted molar refractivity (Wildman–Crippen MR) is 69.9 cm³/mol. The normalized spacial score (nSPS) is 10.6. The zero-order valence-corrected chi connectivity index (χ0v) is 10.5. The molecule has 0 saturated carbocycles. The van der Waals surface area contributed by atoms with Crippen molar-refractivity contribution in [3.63, 3.8) is 0 Å². The summed E-state index contributed by atoms with van der Waals surface area (Å²) in [4.78, 5) is 5.59. The molecule has 0 amide bonds. The average molecular weight is 232 g/mol. The zero-order chi connectivity index (χ0) is 11.5. The predicted octanol–water partition coefficient (Wildman–Crippen LogP) is 3.13. The molecule has 2 nitrogen and oxygen atoms in total. The maximum atomic E-state index is 5.69. The highest BCUT2D eigenvalue weighted by Gasteiger charge is 2.06. The molecule has 0 aliphatic rings. The van der Waals surface area contributed by atoms with Gasteiger partial charge >= 0.3 is 0 Å². The Morgan fingerprint density at radius 2 is 1.94 bits per heavy atom. The summed E-state index contributed by atoms with van der Waals surface area (Å²) in [6, 6.07) is 8.49. The Morgan fingerprint density at radius 1 is 1.19 bits per heavy atom. The third-order valence-corrected chi connectivity index (χ3v) is 3.64. The lowest BCUT2D eigenvalue weighted by atomic mass is 10.0. The molecule has 0 aliphatic heterocycles. The SMILES string of the molecule is Cc1ccccc1CCc1nc(N)sc1C. The number of anilines is 1. The van der Waals surface area contributed by atoms with E-state index >= 15 is 0 Å². The molecule has 0 spiro atoms. The van der Waals surface area contributed by atoms with Gasteiger partial charge in [0.05, 0.1) is 5.69 Å². The van der Waals surface area contributed by atoms with Crippen LogP contribution in [0.1, 0.15) is 21.7 Å². The maximum absolute atomic E-state index is 5.69. The zero-order valence-electron chi connectivity index (χ0n) is 9.66. The van der Waals surface area contributed by atoms with E-state index in [1.165, 1.54) is 16.0 Å². The molecule has 16 heavy (non-hydrogen) atoms. The van der Waals surface area contributed by atoms with Gasteiger partial charge in [-0.3, -0.25) is 0 Å². The molecule has 1 aromatic carbocycles. The van der Waals surface area contributed by atoms with E-state index in [4.69, 9.17) is 5.73 Å². The number of benzene rings is 1. The van der Waals surface area contributed by atoms with E-state index in [0.29, 0.717) is 5.13 Å². The third-order valence-electron chi connectivity index (χ3n) is 2.80. The lowest BCUT2D eigenvalue weighted by molar-refractivity contribution is 0.910. The Labute approximate surface area is 100 Å². The van der Waals surface area contributed by atoms with E-state index in [2.05, 4.69) is 43.1 Å². The Balaban J connectivity index is 2.08. The second-order valence-electron chi connectivity index (χ2n) is 3.98. The summed E-state index contributed by atoms with van der Waals surface area (Å²) < 4.78 is 0. The Kier molecular flexibility index (Phi) is 3.25. The molecule has 0 saturated heterocycles. The Bertz CT molecular complexity index is 488. The number of aromatic nitrogens is 1. The van der Waals surface area contributed by atoms with Crippen LogP contribution in [0.3, 0.4) is 0 Å². The van der Waals surface area contributed by atoms with Crippen molar-refractivity contribution in [1.29, 1.82) is 0 Å². The maximum Gasteiger partial charge on any atom is 0.180 e. The summed E-state index contributed by atoms with van der Waals surface area (Å²) in [5.41, 5.74) is 9.58. The van der Waals surface area contributed by atoms with Gasteiger partial charge in [0.1, 0.15) is 0 Å². The minimum Gasteiger partial charge on any atom is -0.375 e. The lowest BCUT2D eigenvalue weighted by Gasteiger charge is -2.04. The van der Waals surface area contributed by atoms with Gasteiger partial charge in [-0.25, -0.2) is 4.98 Å². The van der Waals surface area contributed by atoms with Gasteiger partial charge in [-0.05, 0) is 37.8 Å². The van der Waals surface area contributed by atoms with Crippen LogP contribution >= 0.6 is 11.3 Å². The van der Waals surface area contributed by atoms with Crippen LogP contribution in [-0.4, -0.2) is 4.98 Å². The second kappa shape index (κ2) is 4.66. The summed E-state index contributed by atoms with van der Waals surface area (Å²) in [7, 11) is 0. The van der Waals surface area contributed by atoms with Crippen LogP contribution in [0.2, 0.25) is 0 Å². The Hall–Kier alpha value is -1.35. The molecule has 0 fully saturated rings. The standard InChI is InChI=1S/C13H16N2S/c1-9-5-3-4-6-11(9)7-8-12-10(2)16-13(14)15-12/h3-6H,7-8H2,1-2H3,(H2,14,15). The van der Waals surface area contributed by atoms with Crippen LogP contribution in [0.5, 0.6) is 0 Å². The summed E-state index contributed by atoms with van der Waals surface area (Å²) in [5.74, 6) is 0. The number of aryl methyl sites for hydroxylation is 4. The second-order valence-corrected chi connectivity index (χ2v) is 5.22. The van der Waals surface area contributed by atoms with Gasteiger partial charge in [-0.15, -0.1) is 11.3 Å². The number of rotatable bonds is 3. The van der Waals surface area contributed by atoms with Crippen molar-refractivity contribution in [2.24, 2.45) is 0 Å². The van der Waals surface area contributed by atoms with Gasteiger partial charge in [0.15, 0.2) is 5.13 Å². The summed E-state index contributed by atoms with van der Waals surface area (Å²) >= 11 is 1.58. The van der Waals surface area contributed by atoms with E-state index in [-0.39, 0.29) is 0 Å². The quantitative estimate of drug-likeness (QED) is 0.883. The van der Waals surface area contributed by atoms with E-state index < -0.39 is 0 Å². The van der Waals surface area contributed by atoms with Crippen molar-refractivity contribution in [3.05, 3.63) is 46.0 Å². The first-order valence-electron chi connectivity index (χ1n) is 5.43. The molecular weight excluding hydrogens is 216 g/mol. The molecule has 2 N–H and O–H groups in total. The fraction of sp³-hybridized carbons (Fsp3) is 0.308. The molecule has 0 unspecified atom stereocenters. The number of hydrogen-bond acceptors (Lipinski definition) is 3. The van der Waals surface area contributed by atoms with Gasteiger partial charge in [0.2, 0.25) is 0 Å². The van der Waals surface area contributed by atoms with Crippen molar-refractivity contribution in [3.8, 4) is 0 Å². The molecule has 84 valence electrons. The number of thiazole rings is 1. The van der Waals surface area contributed by atoms with E-state index in [1.54, 1.807) is 11.3 Å². The highest BCUT2D eigenvalue weighted by Crippen LogP contribution is 2.21. The van der Waals surface area contributed by atoms with Crippen LogP contribution in [0.25, 0.3) is 0 Å². The van der Waals surface area contributed by atoms with Gasteiger partial charge in [-0.1, -0.05) is 24.3 Å². The van der Waals surface area contributed by atoms with Crippen LogP contribution in [-0.2, 0) is 12.8 Å². The molecule has 1 heterocycles. The van der Waals surface area contributed by atoms with Crippen molar-refractivity contribution in [2.45, 2.75) is 26.7 Å². The third kappa shape index (κ3) is 2.42. The topological polar surface area (TPSA) is 38.9 Å². The lowest BCUT2D eigenvalue weighted by Crippen LogP contribution is -1.96. The fourth-order valence-electron chi connectivity index (χ4n) is 1.83. The summed E-state index contributed by atoms with van der Waals surface area (Å²) in [6.07, 6.45) is 2.01. The van der Waals surface area contributed by atoms with Crippen molar-refractivity contribution < 1.29 is 0 Å². The van der Waals surface area contributed by atoms with Crippen LogP contribution in [0, 0.1) is 13.8 Å². The fourth-order valence-corrected chi connectivity index (χ4v) is 2.56. The van der Waals surface area contributed by atoms with E-state index in [0.717, 1.165) is 18.5 Å². The molecule has 1 aromatic heterocycles. The minimum atomic E-state index is 0.678. The van der Waals surface area contributed by atoms with Crippen LogP contribution in [0.4, 0.5) is 5.13 Å². The first-order valence-corrected chi connectivity index (χ1v) is 6.25. The minimum absolute atomic E-state index is 0.678. The first-order chi connectivity index (χ1) is 7.66. The summed E-state index contributed by atoms with van der Waals surface area (Å²) in [5, 5.41) is 0.678. The Morgan fingerprint density at radius 3 is 2.56 bits per heavy atom. The van der Waals surface area contributed by atoms with Crippen molar-refractivity contribution >= 4 is 16.5 Å². The van der Waals surface area contributed by atoms with Gasteiger partial charge in [0.25, 0.3) is 0 Å². The molecule has 0 atom stereocenters. The van der Waals surface area contributed by atoms with E-state index in [1.807, 2.05) is 0 Å². The number of nitrogens with two attached hydrogens (primary N) is 1. The van der Waals surface area contributed by atoms with E-state index in [9.17, 15) is 0 Å². The molecule has 2 rings (SSSR count). The highest BCUT2D eigenvalue weighted by molar-refractivity contribution is 7.15. The molecule has 0 aliphatic carbocycles. The van der Waals surface area contributed by atoms with Crippen molar-refractivity contribution in [1.82, 2.24) is 4.98 Å². The first kappa shape index (κ1) is 11.1. The number of nitrogen functional groups attached to an aromatic ring is 1. The average Bonchev–Trinajstić information content (AvgIpc) is 2.56. The molecule has 2 aromatic rings. The molecule has 0 bridgehead atoms. The highest BCUT2D eigenvalue weighted by atomic mass is 32.1. The molecule has 0 radical (unpaired) electrons.